The summed E-state index contributed by atoms with van der Waals surface area (Å²) in [6.07, 6.45) is 0. The van der Waals surface area contributed by atoms with Crippen LogP contribution in [0.2, 0.25) is 0 Å². The quantitative estimate of drug-likeness (QED) is 0.714. The van der Waals surface area contributed by atoms with Crippen LogP contribution in [-0.2, 0) is 4.79 Å². The van der Waals surface area contributed by atoms with E-state index in [1.54, 1.807) is 6.92 Å². The van der Waals surface area contributed by atoms with Crippen LogP contribution in [0, 0.1) is 6.92 Å². The average Bonchev–Trinajstić information content (AvgIpc) is 2.89. The van der Waals surface area contributed by atoms with Crippen molar-refractivity contribution in [1.82, 2.24) is 19.9 Å². The summed E-state index contributed by atoms with van der Waals surface area (Å²) in [6, 6.07) is 9.02. The number of thioether (sulfide) groups is 1. The van der Waals surface area contributed by atoms with Gasteiger partial charge < -0.3 is 5.73 Å². The number of aromatic nitrogens is 3. The van der Waals surface area contributed by atoms with Crippen molar-refractivity contribution in [3.63, 3.8) is 0 Å². The maximum atomic E-state index is 11.8. The highest BCUT2D eigenvalue weighted by Crippen LogP contribution is 2.27. The minimum Gasteiger partial charge on any atom is -0.351 e. The van der Waals surface area contributed by atoms with Crippen molar-refractivity contribution >= 4 is 40.3 Å². The molecule has 1 aromatic carbocycles. The smallest absolute Gasteiger partial charge is 0.318 e. The molecule has 3 N–H and O–H groups in total. The molecular formula is C15H15N5O2S. The minimum absolute atomic E-state index is 0.462. The average molecular weight is 329 g/mol. The number of urea groups is 1. The Morgan fingerprint density at radius 2 is 2.04 bits per heavy atom. The molecule has 0 radical (unpaired) electrons. The number of amides is 3. The van der Waals surface area contributed by atoms with E-state index in [4.69, 9.17) is 5.73 Å². The first-order valence-electron chi connectivity index (χ1n) is 6.98. The number of carbonyl (C=O) groups excluding carboxylic acids is 2. The number of carbonyl (C=O) groups is 2. The van der Waals surface area contributed by atoms with Crippen molar-refractivity contribution in [3.8, 4) is 0 Å². The molecule has 2 heterocycles. The Kier molecular flexibility index (Phi) is 3.91. The van der Waals surface area contributed by atoms with Crippen LogP contribution in [0.3, 0.4) is 0 Å². The molecule has 23 heavy (non-hydrogen) atoms. The Morgan fingerprint density at radius 3 is 2.78 bits per heavy atom. The zero-order valence-electron chi connectivity index (χ0n) is 12.6. The lowest BCUT2D eigenvalue weighted by Crippen LogP contribution is -2.39. The fourth-order valence-corrected chi connectivity index (χ4v) is 3.25. The summed E-state index contributed by atoms with van der Waals surface area (Å²) < 4.78 is 1.90. The SMILES string of the molecule is Cc1cc2nnc(SC(C)C(=O)NC(N)=O)n2c2ccccc12. The maximum absolute atomic E-state index is 11.8. The van der Waals surface area contributed by atoms with Gasteiger partial charge in [0.2, 0.25) is 5.91 Å². The van der Waals surface area contributed by atoms with Gasteiger partial charge in [-0.1, -0.05) is 30.0 Å². The number of pyridine rings is 1. The van der Waals surface area contributed by atoms with Crippen LogP contribution < -0.4 is 11.1 Å². The predicted octanol–water partition coefficient (Wildman–Crippen LogP) is 1.87. The second-order valence-corrected chi connectivity index (χ2v) is 6.44. The van der Waals surface area contributed by atoms with Gasteiger partial charge in [-0.05, 0) is 31.5 Å². The normalized spacial score (nSPS) is 12.4. The summed E-state index contributed by atoms with van der Waals surface area (Å²) >= 11 is 1.22. The number of rotatable bonds is 3. The monoisotopic (exact) mass is 329 g/mol. The van der Waals surface area contributed by atoms with Gasteiger partial charge in [0, 0.05) is 5.39 Å². The zero-order valence-corrected chi connectivity index (χ0v) is 13.4. The summed E-state index contributed by atoms with van der Waals surface area (Å²) in [7, 11) is 0. The van der Waals surface area contributed by atoms with Crippen LogP contribution in [0.15, 0.2) is 35.5 Å². The Hall–Kier alpha value is -2.61. The number of nitrogens with one attached hydrogen (secondary N) is 1. The Balaban J connectivity index is 2.04. The minimum atomic E-state index is -0.866. The molecule has 3 aromatic rings. The molecule has 0 saturated carbocycles. The first-order chi connectivity index (χ1) is 11.0. The molecule has 0 aliphatic rings. The van der Waals surface area contributed by atoms with Crippen molar-refractivity contribution in [2.75, 3.05) is 0 Å². The summed E-state index contributed by atoms with van der Waals surface area (Å²) in [5.74, 6) is -0.462. The zero-order chi connectivity index (χ0) is 16.6. The Morgan fingerprint density at radius 1 is 1.30 bits per heavy atom. The largest absolute Gasteiger partial charge is 0.351 e. The molecule has 3 rings (SSSR count). The fourth-order valence-electron chi connectivity index (χ4n) is 2.39. The summed E-state index contributed by atoms with van der Waals surface area (Å²) in [6.45, 7) is 3.70. The van der Waals surface area contributed by atoms with Crippen LogP contribution in [0.25, 0.3) is 16.6 Å². The molecule has 0 bridgehead atoms. The molecule has 2 aromatic heterocycles. The number of imide groups is 1. The van der Waals surface area contributed by atoms with E-state index in [1.807, 2.05) is 41.7 Å². The lowest BCUT2D eigenvalue weighted by molar-refractivity contribution is -0.119. The molecule has 3 amide bonds. The lowest BCUT2D eigenvalue weighted by atomic mass is 10.1. The van der Waals surface area contributed by atoms with E-state index in [0.717, 1.165) is 16.5 Å². The molecule has 118 valence electrons. The molecule has 7 nitrogen and oxygen atoms in total. The number of nitrogens with two attached hydrogens (primary N) is 1. The number of hydrogen-bond donors (Lipinski definition) is 2. The van der Waals surface area contributed by atoms with E-state index in [1.165, 1.54) is 11.8 Å². The molecule has 0 spiro atoms. The number of nitrogens with zero attached hydrogens (tertiary/aromatic N) is 3. The van der Waals surface area contributed by atoms with Gasteiger partial charge in [-0.25, -0.2) is 4.79 Å². The van der Waals surface area contributed by atoms with E-state index in [0.29, 0.717) is 10.8 Å². The van der Waals surface area contributed by atoms with Gasteiger partial charge in [0.15, 0.2) is 10.8 Å². The van der Waals surface area contributed by atoms with Crippen molar-refractivity contribution in [2.24, 2.45) is 5.73 Å². The molecule has 0 saturated heterocycles. The molecule has 0 fully saturated rings. The molecule has 1 unspecified atom stereocenters. The number of fused-ring (bicyclic) bond motifs is 3. The predicted molar refractivity (Wildman–Crippen MR) is 88.3 cm³/mol. The van der Waals surface area contributed by atoms with Gasteiger partial charge in [-0.3, -0.25) is 14.5 Å². The second-order valence-electron chi connectivity index (χ2n) is 5.13. The molecule has 0 aliphatic heterocycles. The maximum Gasteiger partial charge on any atom is 0.318 e. The fraction of sp³-hybridized carbons (Fsp3) is 0.200. The first-order valence-corrected chi connectivity index (χ1v) is 7.86. The Labute approximate surface area is 136 Å². The summed E-state index contributed by atoms with van der Waals surface area (Å²) in [5.41, 5.74) is 7.76. The number of para-hydroxylation sites is 1. The third-order valence-electron chi connectivity index (χ3n) is 3.47. The van der Waals surface area contributed by atoms with E-state index in [9.17, 15) is 9.59 Å². The lowest BCUT2D eigenvalue weighted by Gasteiger charge is -2.10. The Bertz CT molecular complexity index is 921. The second kappa shape index (κ2) is 5.88. The van der Waals surface area contributed by atoms with E-state index in [-0.39, 0.29) is 0 Å². The van der Waals surface area contributed by atoms with Crippen LogP contribution >= 0.6 is 11.8 Å². The van der Waals surface area contributed by atoms with Gasteiger partial charge in [0.25, 0.3) is 0 Å². The van der Waals surface area contributed by atoms with Crippen LogP contribution in [0.4, 0.5) is 4.79 Å². The van der Waals surface area contributed by atoms with Gasteiger partial charge in [0.05, 0.1) is 10.8 Å². The van der Waals surface area contributed by atoms with Gasteiger partial charge in [-0.2, -0.15) is 0 Å². The van der Waals surface area contributed by atoms with Gasteiger partial charge >= 0.3 is 6.03 Å². The van der Waals surface area contributed by atoms with Crippen LogP contribution in [0.5, 0.6) is 0 Å². The van der Waals surface area contributed by atoms with Gasteiger partial charge in [0.1, 0.15) is 0 Å². The number of aryl methyl sites for hydroxylation is 1. The van der Waals surface area contributed by atoms with Crippen LogP contribution in [0.1, 0.15) is 12.5 Å². The van der Waals surface area contributed by atoms with E-state index < -0.39 is 17.2 Å². The van der Waals surface area contributed by atoms with E-state index in [2.05, 4.69) is 15.5 Å². The topological polar surface area (TPSA) is 102 Å². The molecule has 0 aliphatic carbocycles. The van der Waals surface area contributed by atoms with Crippen molar-refractivity contribution in [3.05, 3.63) is 35.9 Å². The van der Waals surface area contributed by atoms with Crippen molar-refractivity contribution < 1.29 is 9.59 Å². The standard InChI is InChI=1S/C15H15N5O2S/c1-8-7-12-18-19-15(23-9(2)13(21)17-14(16)22)20(12)11-6-4-3-5-10(8)11/h3-7,9H,1-2H3,(H3,16,17,21,22). The van der Waals surface area contributed by atoms with E-state index >= 15 is 0 Å². The number of primary amides is 1. The third-order valence-corrected chi connectivity index (χ3v) is 4.51. The third kappa shape index (κ3) is 2.85. The first kappa shape index (κ1) is 15.3. The highest BCUT2D eigenvalue weighted by molar-refractivity contribution is 8.00. The molecule has 8 heteroatoms. The van der Waals surface area contributed by atoms with Crippen molar-refractivity contribution in [2.45, 2.75) is 24.3 Å². The summed E-state index contributed by atoms with van der Waals surface area (Å²) in [4.78, 5) is 22.6. The number of benzene rings is 1. The number of hydrogen-bond acceptors (Lipinski definition) is 5. The highest BCUT2D eigenvalue weighted by atomic mass is 32.2. The summed E-state index contributed by atoms with van der Waals surface area (Å²) in [5, 5.41) is 11.6. The molecule has 1 atom stereocenters. The van der Waals surface area contributed by atoms with Crippen molar-refractivity contribution in [1.29, 1.82) is 0 Å². The van der Waals surface area contributed by atoms with Crippen LogP contribution in [-0.4, -0.2) is 31.8 Å². The van der Waals surface area contributed by atoms with Gasteiger partial charge in [-0.15, -0.1) is 10.2 Å². The highest BCUT2D eigenvalue weighted by Gasteiger charge is 2.20. The molecular weight excluding hydrogens is 314 g/mol.